The standard InChI is InChI=1S/C12H11NO3/c1-7-4-10(7)11-3-2-9(16-11)5-8(6-13)12(14)15/h2-3,5,7,10H,4H2,1H3,(H,14,15). The molecule has 1 aromatic heterocycles. The number of aliphatic carboxylic acids is 1. The van der Waals surface area contributed by atoms with Gasteiger partial charge in [-0.15, -0.1) is 0 Å². The molecule has 0 saturated heterocycles. The second kappa shape index (κ2) is 3.86. The topological polar surface area (TPSA) is 74.2 Å². The van der Waals surface area contributed by atoms with E-state index in [4.69, 9.17) is 14.8 Å². The lowest BCUT2D eigenvalue weighted by molar-refractivity contribution is -0.132. The average Bonchev–Trinajstić information content (AvgIpc) is 2.79. The van der Waals surface area contributed by atoms with Crippen LogP contribution in [0.4, 0.5) is 0 Å². The molecule has 4 heteroatoms. The molecule has 1 heterocycles. The van der Waals surface area contributed by atoms with Gasteiger partial charge in [0.05, 0.1) is 0 Å². The Hall–Kier alpha value is -2.02. The molecule has 1 fully saturated rings. The third-order valence-corrected chi connectivity index (χ3v) is 2.76. The monoisotopic (exact) mass is 217 g/mol. The van der Waals surface area contributed by atoms with Crippen molar-refractivity contribution in [2.45, 2.75) is 19.3 Å². The normalized spacial score (nSPS) is 23.9. The van der Waals surface area contributed by atoms with Crippen LogP contribution in [0.3, 0.4) is 0 Å². The largest absolute Gasteiger partial charge is 0.477 e. The summed E-state index contributed by atoms with van der Waals surface area (Å²) in [5.74, 6) is 1.16. The van der Waals surface area contributed by atoms with E-state index in [-0.39, 0.29) is 5.57 Å². The van der Waals surface area contributed by atoms with Crippen molar-refractivity contribution in [1.82, 2.24) is 0 Å². The highest BCUT2D eigenvalue weighted by Gasteiger charge is 2.36. The summed E-state index contributed by atoms with van der Waals surface area (Å²) in [6.45, 7) is 2.14. The Morgan fingerprint density at radius 3 is 2.88 bits per heavy atom. The van der Waals surface area contributed by atoms with Gasteiger partial charge in [-0.05, 0) is 24.5 Å². The van der Waals surface area contributed by atoms with Crippen LogP contribution in [-0.2, 0) is 4.79 Å². The molecule has 1 aromatic rings. The maximum atomic E-state index is 10.6. The van der Waals surface area contributed by atoms with Crippen LogP contribution in [0.25, 0.3) is 6.08 Å². The van der Waals surface area contributed by atoms with Crippen LogP contribution in [0.1, 0.15) is 30.8 Å². The zero-order valence-corrected chi connectivity index (χ0v) is 8.80. The van der Waals surface area contributed by atoms with Gasteiger partial charge in [0.1, 0.15) is 23.2 Å². The van der Waals surface area contributed by atoms with E-state index in [2.05, 4.69) is 6.92 Å². The quantitative estimate of drug-likeness (QED) is 0.623. The van der Waals surface area contributed by atoms with E-state index >= 15 is 0 Å². The fourth-order valence-corrected chi connectivity index (χ4v) is 1.65. The lowest BCUT2D eigenvalue weighted by atomic mass is 10.2. The van der Waals surface area contributed by atoms with Gasteiger partial charge in [-0.2, -0.15) is 5.26 Å². The maximum Gasteiger partial charge on any atom is 0.346 e. The maximum absolute atomic E-state index is 10.6. The number of hydrogen-bond acceptors (Lipinski definition) is 3. The fraction of sp³-hybridized carbons (Fsp3) is 0.333. The number of carbonyl (C=O) groups is 1. The zero-order chi connectivity index (χ0) is 11.7. The first-order chi connectivity index (χ1) is 7.61. The summed E-state index contributed by atoms with van der Waals surface area (Å²) in [5, 5.41) is 17.3. The molecule has 0 amide bonds. The smallest absolute Gasteiger partial charge is 0.346 e. The van der Waals surface area contributed by atoms with E-state index in [9.17, 15) is 4.79 Å². The van der Waals surface area contributed by atoms with Crippen LogP contribution < -0.4 is 0 Å². The van der Waals surface area contributed by atoms with Gasteiger partial charge in [0, 0.05) is 12.0 Å². The number of hydrogen-bond donors (Lipinski definition) is 1. The predicted octanol–water partition coefficient (Wildman–Crippen LogP) is 2.39. The molecule has 1 aliphatic carbocycles. The summed E-state index contributed by atoms with van der Waals surface area (Å²) in [7, 11) is 0. The van der Waals surface area contributed by atoms with Gasteiger partial charge in [0.25, 0.3) is 0 Å². The molecular weight excluding hydrogens is 206 g/mol. The minimum atomic E-state index is -1.24. The minimum absolute atomic E-state index is 0.315. The van der Waals surface area contributed by atoms with E-state index < -0.39 is 5.97 Å². The summed E-state index contributed by atoms with van der Waals surface area (Å²) in [6, 6.07) is 5.15. The van der Waals surface area contributed by atoms with E-state index in [0.717, 1.165) is 12.2 Å². The summed E-state index contributed by atoms with van der Waals surface area (Å²) in [4.78, 5) is 10.6. The molecule has 16 heavy (non-hydrogen) atoms. The Balaban J connectivity index is 2.19. The van der Waals surface area contributed by atoms with Crippen LogP contribution in [0.15, 0.2) is 22.1 Å². The van der Waals surface area contributed by atoms with Crippen molar-refractivity contribution in [3.05, 3.63) is 29.2 Å². The Bertz CT molecular complexity index is 493. The first kappa shape index (κ1) is 10.5. The average molecular weight is 217 g/mol. The Labute approximate surface area is 92.8 Å². The lowest BCUT2D eigenvalue weighted by Crippen LogP contribution is -1.96. The van der Waals surface area contributed by atoms with Gasteiger partial charge in [-0.1, -0.05) is 6.92 Å². The molecule has 0 spiro atoms. The Kier molecular flexibility index (Phi) is 2.53. The van der Waals surface area contributed by atoms with Crippen molar-refractivity contribution in [3.63, 3.8) is 0 Å². The third-order valence-electron chi connectivity index (χ3n) is 2.76. The summed E-state index contributed by atoms with van der Waals surface area (Å²) in [6.07, 6.45) is 2.36. The molecule has 0 aromatic carbocycles. The number of nitrogens with zero attached hydrogens (tertiary/aromatic N) is 1. The van der Waals surface area contributed by atoms with Gasteiger partial charge in [0.2, 0.25) is 0 Å². The molecule has 2 rings (SSSR count). The van der Waals surface area contributed by atoms with Crippen LogP contribution in [0, 0.1) is 17.2 Å². The number of rotatable bonds is 3. The lowest BCUT2D eigenvalue weighted by Gasteiger charge is -1.91. The molecule has 2 atom stereocenters. The van der Waals surface area contributed by atoms with Crippen LogP contribution >= 0.6 is 0 Å². The van der Waals surface area contributed by atoms with Crippen LogP contribution in [0.5, 0.6) is 0 Å². The number of carboxylic acids is 1. The van der Waals surface area contributed by atoms with E-state index in [0.29, 0.717) is 17.6 Å². The van der Waals surface area contributed by atoms with Gasteiger partial charge < -0.3 is 9.52 Å². The molecule has 0 radical (unpaired) electrons. The van der Waals surface area contributed by atoms with Gasteiger partial charge in [0.15, 0.2) is 0 Å². The first-order valence-electron chi connectivity index (χ1n) is 5.06. The van der Waals surface area contributed by atoms with Crippen LogP contribution in [0.2, 0.25) is 0 Å². The van der Waals surface area contributed by atoms with Crippen LogP contribution in [-0.4, -0.2) is 11.1 Å². The molecule has 0 aliphatic heterocycles. The number of furan rings is 1. The predicted molar refractivity (Wildman–Crippen MR) is 56.5 cm³/mol. The van der Waals surface area contributed by atoms with Crippen molar-refractivity contribution in [1.29, 1.82) is 5.26 Å². The summed E-state index contributed by atoms with van der Waals surface area (Å²) in [5.41, 5.74) is -0.315. The highest BCUT2D eigenvalue weighted by molar-refractivity contribution is 5.96. The second-order valence-electron chi connectivity index (χ2n) is 4.03. The van der Waals surface area contributed by atoms with Gasteiger partial charge in [-0.25, -0.2) is 4.79 Å². The SMILES string of the molecule is CC1CC1c1ccc(C=C(C#N)C(=O)O)o1. The molecule has 4 nitrogen and oxygen atoms in total. The molecule has 1 saturated carbocycles. The number of carboxylic acid groups (broad SMARTS) is 1. The summed E-state index contributed by atoms with van der Waals surface area (Å²) < 4.78 is 5.47. The van der Waals surface area contributed by atoms with Gasteiger partial charge >= 0.3 is 5.97 Å². The van der Waals surface area contributed by atoms with Crippen molar-refractivity contribution >= 4 is 12.0 Å². The fourth-order valence-electron chi connectivity index (χ4n) is 1.65. The van der Waals surface area contributed by atoms with Crippen molar-refractivity contribution in [3.8, 4) is 6.07 Å². The highest BCUT2D eigenvalue weighted by Crippen LogP contribution is 2.47. The molecule has 2 unspecified atom stereocenters. The van der Waals surface area contributed by atoms with E-state index in [1.165, 1.54) is 6.08 Å². The van der Waals surface area contributed by atoms with Crippen molar-refractivity contribution in [2.75, 3.05) is 0 Å². The zero-order valence-electron chi connectivity index (χ0n) is 8.80. The van der Waals surface area contributed by atoms with Crippen molar-refractivity contribution < 1.29 is 14.3 Å². The van der Waals surface area contributed by atoms with E-state index in [1.54, 1.807) is 12.1 Å². The Morgan fingerprint density at radius 1 is 1.69 bits per heavy atom. The first-order valence-corrected chi connectivity index (χ1v) is 5.06. The molecular formula is C12H11NO3. The van der Waals surface area contributed by atoms with Crippen molar-refractivity contribution in [2.24, 2.45) is 5.92 Å². The third kappa shape index (κ3) is 1.98. The number of nitriles is 1. The molecule has 1 aliphatic rings. The summed E-state index contributed by atoms with van der Waals surface area (Å²) >= 11 is 0. The second-order valence-corrected chi connectivity index (χ2v) is 4.03. The minimum Gasteiger partial charge on any atom is -0.477 e. The Morgan fingerprint density at radius 2 is 2.38 bits per heavy atom. The highest BCUT2D eigenvalue weighted by atomic mass is 16.4. The van der Waals surface area contributed by atoms with Gasteiger partial charge in [-0.3, -0.25) is 0 Å². The molecule has 1 N–H and O–H groups in total. The molecule has 0 bridgehead atoms. The van der Waals surface area contributed by atoms with E-state index in [1.807, 2.05) is 6.07 Å². The molecule has 82 valence electrons.